The van der Waals surface area contributed by atoms with Gasteiger partial charge in [0.05, 0.1) is 6.61 Å². The Morgan fingerprint density at radius 1 is 1.31 bits per heavy atom. The Hall–Kier alpha value is -0.120. The fourth-order valence-corrected chi connectivity index (χ4v) is 2.03. The van der Waals surface area contributed by atoms with E-state index in [2.05, 4.69) is 26.1 Å². The van der Waals surface area contributed by atoms with Crippen LogP contribution in [-0.4, -0.2) is 36.5 Å². The Balaban J connectivity index is 2.07. The molecule has 3 nitrogen and oxygen atoms in total. The molecule has 96 valence electrons. The Morgan fingerprint density at radius 3 is 2.62 bits per heavy atom. The number of rotatable bonds is 7. The van der Waals surface area contributed by atoms with Gasteiger partial charge in [-0.1, -0.05) is 26.7 Å². The summed E-state index contributed by atoms with van der Waals surface area (Å²) in [6.07, 6.45) is 4.51. The molecule has 1 fully saturated rings. The fourth-order valence-electron chi connectivity index (χ4n) is 2.03. The first-order chi connectivity index (χ1) is 7.52. The van der Waals surface area contributed by atoms with Gasteiger partial charge in [-0.3, -0.25) is 0 Å². The molecule has 0 aromatic heterocycles. The highest BCUT2D eigenvalue weighted by molar-refractivity contribution is 4.85. The second kappa shape index (κ2) is 6.58. The van der Waals surface area contributed by atoms with E-state index in [1.807, 2.05) is 0 Å². The van der Waals surface area contributed by atoms with E-state index in [9.17, 15) is 5.11 Å². The van der Waals surface area contributed by atoms with Crippen LogP contribution in [0.4, 0.5) is 0 Å². The quantitative estimate of drug-likeness (QED) is 0.701. The van der Waals surface area contributed by atoms with E-state index < -0.39 is 5.60 Å². The molecule has 0 amide bonds. The van der Waals surface area contributed by atoms with Crippen molar-refractivity contribution in [1.82, 2.24) is 5.32 Å². The summed E-state index contributed by atoms with van der Waals surface area (Å²) < 4.78 is 5.21. The molecule has 2 N–H and O–H groups in total. The van der Waals surface area contributed by atoms with Gasteiger partial charge in [0.15, 0.2) is 0 Å². The van der Waals surface area contributed by atoms with Crippen molar-refractivity contribution >= 4 is 0 Å². The first-order valence-electron chi connectivity index (χ1n) is 6.55. The van der Waals surface area contributed by atoms with Crippen LogP contribution in [0.25, 0.3) is 0 Å². The van der Waals surface area contributed by atoms with Crippen molar-refractivity contribution in [1.29, 1.82) is 0 Å². The third kappa shape index (κ3) is 5.28. The van der Waals surface area contributed by atoms with Gasteiger partial charge in [0.2, 0.25) is 0 Å². The van der Waals surface area contributed by atoms with Gasteiger partial charge in [0, 0.05) is 25.6 Å². The van der Waals surface area contributed by atoms with E-state index in [1.165, 1.54) is 19.3 Å². The molecule has 16 heavy (non-hydrogen) atoms. The second-order valence-electron chi connectivity index (χ2n) is 5.63. The lowest BCUT2D eigenvalue weighted by molar-refractivity contribution is 0.0249. The maximum absolute atomic E-state index is 10.1. The first-order valence-corrected chi connectivity index (χ1v) is 6.55. The Morgan fingerprint density at radius 2 is 2.06 bits per heavy atom. The summed E-state index contributed by atoms with van der Waals surface area (Å²) in [5, 5.41) is 13.5. The van der Waals surface area contributed by atoms with Crippen LogP contribution in [0.15, 0.2) is 0 Å². The maximum atomic E-state index is 10.1. The van der Waals surface area contributed by atoms with Gasteiger partial charge >= 0.3 is 0 Å². The van der Waals surface area contributed by atoms with Gasteiger partial charge in [-0.2, -0.15) is 0 Å². The highest BCUT2D eigenvalue weighted by atomic mass is 16.5. The van der Waals surface area contributed by atoms with Crippen molar-refractivity contribution in [2.75, 3.05) is 19.8 Å². The number of ether oxygens (including phenoxy) is 1. The predicted molar refractivity (Wildman–Crippen MR) is 66.5 cm³/mol. The van der Waals surface area contributed by atoms with E-state index in [-0.39, 0.29) is 0 Å². The molecule has 1 rings (SSSR count). The SMILES string of the molecule is CC(C)CCCC(C)NCC1(O)CCOC1. The van der Waals surface area contributed by atoms with Crippen LogP contribution in [0.2, 0.25) is 0 Å². The zero-order valence-electron chi connectivity index (χ0n) is 11.0. The molecule has 1 saturated heterocycles. The van der Waals surface area contributed by atoms with Gasteiger partial charge in [-0.15, -0.1) is 0 Å². The normalized spacial score (nSPS) is 27.6. The molecule has 0 saturated carbocycles. The Labute approximate surface area is 99.6 Å². The summed E-state index contributed by atoms with van der Waals surface area (Å²) in [5.74, 6) is 0.791. The van der Waals surface area contributed by atoms with Crippen LogP contribution in [0.1, 0.15) is 46.5 Å². The smallest absolute Gasteiger partial charge is 0.102 e. The molecule has 0 spiro atoms. The van der Waals surface area contributed by atoms with Gasteiger partial charge in [0.1, 0.15) is 5.60 Å². The van der Waals surface area contributed by atoms with Crippen LogP contribution >= 0.6 is 0 Å². The van der Waals surface area contributed by atoms with E-state index in [0.717, 1.165) is 12.3 Å². The van der Waals surface area contributed by atoms with Crippen LogP contribution in [0, 0.1) is 5.92 Å². The minimum atomic E-state index is -0.619. The number of aliphatic hydroxyl groups is 1. The van der Waals surface area contributed by atoms with Crippen molar-refractivity contribution in [3.05, 3.63) is 0 Å². The van der Waals surface area contributed by atoms with Crippen LogP contribution in [-0.2, 0) is 4.74 Å². The topological polar surface area (TPSA) is 41.5 Å². The van der Waals surface area contributed by atoms with Crippen LogP contribution in [0.3, 0.4) is 0 Å². The number of nitrogens with one attached hydrogen (secondary N) is 1. The lowest BCUT2D eigenvalue weighted by Gasteiger charge is -2.24. The number of hydrogen-bond acceptors (Lipinski definition) is 3. The maximum Gasteiger partial charge on any atom is 0.102 e. The van der Waals surface area contributed by atoms with Gasteiger partial charge < -0.3 is 15.2 Å². The van der Waals surface area contributed by atoms with E-state index in [4.69, 9.17) is 4.74 Å². The van der Waals surface area contributed by atoms with Crippen LogP contribution in [0.5, 0.6) is 0 Å². The van der Waals surface area contributed by atoms with Crippen molar-refractivity contribution in [3.8, 4) is 0 Å². The molecule has 0 aromatic carbocycles. The third-order valence-corrected chi connectivity index (χ3v) is 3.28. The van der Waals surface area contributed by atoms with Gasteiger partial charge in [-0.05, 0) is 19.3 Å². The van der Waals surface area contributed by atoms with Gasteiger partial charge in [0.25, 0.3) is 0 Å². The van der Waals surface area contributed by atoms with E-state index in [1.54, 1.807) is 0 Å². The molecular weight excluding hydrogens is 202 g/mol. The molecule has 1 aliphatic rings. The zero-order valence-corrected chi connectivity index (χ0v) is 11.0. The minimum absolute atomic E-state index is 0.485. The van der Waals surface area contributed by atoms with Crippen molar-refractivity contribution in [3.63, 3.8) is 0 Å². The van der Waals surface area contributed by atoms with E-state index >= 15 is 0 Å². The average Bonchev–Trinajstić information content (AvgIpc) is 2.62. The predicted octanol–water partition coefficient (Wildman–Crippen LogP) is 1.94. The molecule has 0 bridgehead atoms. The Kier molecular flexibility index (Phi) is 5.73. The standard InChI is InChI=1S/C13H27NO2/c1-11(2)5-4-6-12(3)14-9-13(15)7-8-16-10-13/h11-12,14-15H,4-10H2,1-3H3. The summed E-state index contributed by atoms with van der Waals surface area (Å²) >= 11 is 0. The first kappa shape index (κ1) is 13.9. The summed E-state index contributed by atoms with van der Waals surface area (Å²) in [5.41, 5.74) is -0.619. The summed E-state index contributed by atoms with van der Waals surface area (Å²) in [7, 11) is 0. The molecule has 1 heterocycles. The molecular formula is C13H27NO2. The summed E-state index contributed by atoms with van der Waals surface area (Å²) in [4.78, 5) is 0. The lowest BCUT2D eigenvalue weighted by Crippen LogP contribution is -2.44. The summed E-state index contributed by atoms with van der Waals surface area (Å²) in [6.45, 7) is 8.56. The summed E-state index contributed by atoms with van der Waals surface area (Å²) in [6, 6.07) is 0.489. The molecule has 1 aliphatic heterocycles. The molecule has 0 aliphatic carbocycles. The molecule has 2 atom stereocenters. The fraction of sp³-hybridized carbons (Fsp3) is 1.00. The molecule has 3 heteroatoms. The minimum Gasteiger partial charge on any atom is -0.386 e. The zero-order chi connectivity index (χ0) is 12.0. The molecule has 0 aromatic rings. The lowest BCUT2D eigenvalue weighted by atomic mass is 10.0. The largest absolute Gasteiger partial charge is 0.386 e. The van der Waals surface area contributed by atoms with Crippen LogP contribution < -0.4 is 5.32 Å². The third-order valence-electron chi connectivity index (χ3n) is 3.28. The Bertz CT molecular complexity index is 188. The molecule has 0 radical (unpaired) electrons. The highest BCUT2D eigenvalue weighted by Crippen LogP contribution is 2.17. The number of hydrogen-bond donors (Lipinski definition) is 2. The van der Waals surface area contributed by atoms with Crippen molar-refractivity contribution in [2.24, 2.45) is 5.92 Å². The highest BCUT2D eigenvalue weighted by Gasteiger charge is 2.31. The molecule has 2 unspecified atom stereocenters. The monoisotopic (exact) mass is 229 g/mol. The average molecular weight is 229 g/mol. The van der Waals surface area contributed by atoms with Gasteiger partial charge in [-0.25, -0.2) is 0 Å². The van der Waals surface area contributed by atoms with E-state index in [0.29, 0.717) is 25.8 Å². The van der Waals surface area contributed by atoms with Crippen molar-refractivity contribution < 1.29 is 9.84 Å². The second-order valence-corrected chi connectivity index (χ2v) is 5.63. The van der Waals surface area contributed by atoms with Crippen molar-refractivity contribution in [2.45, 2.75) is 58.1 Å².